The highest BCUT2D eigenvalue weighted by Gasteiger charge is 1.99. The molecule has 1 heterocycles. The molecule has 0 aliphatic carbocycles. The summed E-state index contributed by atoms with van der Waals surface area (Å²) in [7, 11) is 0. The van der Waals surface area contributed by atoms with Gasteiger partial charge < -0.3 is 15.2 Å². The maximum absolute atomic E-state index is 11.4. The largest absolute Gasteiger partial charge is 0.481 e. The van der Waals surface area contributed by atoms with Gasteiger partial charge in [0.2, 0.25) is 5.91 Å². The Kier molecular flexibility index (Phi) is 6.74. The predicted molar refractivity (Wildman–Crippen MR) is 72.1 cm³/mol. The molecule has 108 valence electrons. The van der Waals surface area contributed by atoms with Crippen molar-refractivity contribution in [1.29, 1.82) is 0 Å². The first-order valence-electron chi connectivity index (χ1n) is 6.24. The standard InChI is InChI=1S/C13H17N3O4/c1-2-20-13-15-8-10(9-16-13)5-6-11(17)14-7-3-4-12(18)19/h5-6,8-9H,2-4,7H2,1H3,(H,14,17)(H,18,19)/b6-5+. The van der Waals surface area contributed by atoms with E-state index in [0.717, 1.165) is 0 Å². The number of carboxylic acid groups (broad SMARTS) is 1. The second-order valence-corrected chi connectivity index (χ2v) is 3.85. The molecule has 0 unspecified atom stereocenters. The second kappa shape index (κ2) is 8.63. The summed E-state index contributed by atoms with van der Waals surface area (Å²) in [5.41, 5.74) is 0.675. The minimum absolute atomic E-state index is 0.0384. The zero-order chi connectivity index (χ0) is 14.8. The number of carboxylic acids is 1. The summed E-state index contributed by atoms with van der Waals surface area (Å²) >= 11 is 0. The van der Waals surface area contributed by atoms with Gasteiger partial charge in [-0.1, -0.05) is 0 Å². The van der Waals surface area contributed by atoms with E-state index in [1.54, 1.807) is 18.5 Å². The molecule has 0 atom stereocenters. The number of aromatic nitrogens is 2. The molecule has 1 aromatic heterocycles. The lowest BCUT2D eigenvalue weighted by Crippen LogP contribution is -2.22. The van der Waals surface area contributed by atoms with Gasteiger partial charge in [-0.25, -0.2) is 9.97 Å². The summed E-state index contributed by atoms with van der Waals surface area (Å²) in [5, 5.41) is 11.0. The fourth-order valence-electron chi connectivity index (χ4n) is 1.30. The van der Waals surface area contributed by atoms with Crippen LogP contribution in [0.25, 0.3) is 6.08 Å². The van der Waals surface area contributed by atoms with Crippen LogP contribution in [0.15, 0.2) is 18.5 Å². The van der Waals surface area contributed by atoms with E-state index in [2.05, 4.69) is 15.3 Å². The molecule has 0 aromatic carbocycles. The van der Waals surface area contributed by atoms with Crippen LogP contribution in [0.1, 0.15) is 25.3 Å². The highest BCUT2D eigenvalue weighted by molar-refractivity contribution is 5.91. The average Bonchev–Trinajstić information content (AvgIpc) is 2.43. The van der Waals surface area contributed by atoms with Crippen LogP contribution in [-0.2, 0) is 9.59 Å². The van der Waals surface area contributed by atoms with Crippen molar-refractivity contribution in [1.82, 2.24) is 15.3 Å². The average molecular weight is 279 g/mol. The first-order valence-corrected chi connectivity index (χ1v) is 6.24. The lowest BCUT2D eigenvalue weighted by Gasteiger charge is -2.00. The third kappa shape index (κ3) is 6.48. The SMILES string of the molecule is CCOc1ncc(/C=C/C(=O)NCCCC(=O)O)cn1. The first-order chi connectivity index (χ1) is 9.61. The van der Waals surface area contributed by atoms with Crippen molar-refractivity contribution in [3.05, 3.63) is 24.0 Å². The molecule has 0 fully saturated rings. The molecule has 0 saturated heterocycles. The summed E-state index contributed by atoms with van der Waals surface area (Å²) < 4.78 is 5.10. The van der Waals surface area contributed by atoms with Crippen LogP contribution >= 0.6 is 0 Å². The normalized spacial score (nSPS) is 10.4. The van der Waals surface area contributed by atoms with E-state index in [1.165, 1.54) is 6.08 Å². The number of aliphatic carboxylic acids is 1. The molecule has 20 heavy (non-hydrogen) atoms. The molecule has 0 aliphatic heterocycles. The van der Waals surface area contributed by atoms with E-state index in [4.69, 9.17) is 9.84 Å². The number of amides is 1. The smallest absolute Gasteiger partial charge is 0.316 e. The fourth-order valence-corrected chi connectivity index (χ4v) is 1.30. The van der Waals surface area contributed by atoms with E-state index in [1.807, 2.05) is 6.92 Å². The molecule has 1 rings (SSSR count). The van der Waals surface area contributed by atoms with Crippen LogP contribution in [0.5, 0.6) is 6.01 Å². The van der Waals surface area contributed by atoms with Gasteiger partial charge in [0.15, 0.2) is 0 Å². The van der Waals surface area contributed by atoms with Crippen LogP contribution in [0, 0.1) is 0 Å². The number of hydrogen-bond acceptors (Lipinski definition) is 5. The van der Waals surface area contributed by atoms with E-state index in [9.17, 15) is 9.59 Å². The molecular weight excluding hydrogens is 262 g/mol. The maximum Gasteiger partial charge on any atom is 0.316 e. The summed E-state index contributed by atoms with van der Waals surface area (Å²) in [4.78, 5) is 29.6. The van der Waals surface area contributed by atoms with Crippen LogP contribution in [0.4, 0.5) is 0 Å². The Morgan fingerprint density at radius 1 is 1.40 bits per heavy atom. The number of nitrogens with one attached hydrogen (secondary N) is 1. The first kappa shape index (κ1) is 15.6. The highest BCUT2D eigenvalue weighted by Crippen LogP contribution is 2.03. The molecule has 1 amide bonds. The summed E-state index contributed by atoms with van der Waals surface area (Å²) in [6.07, 6.45) is 6.46. The highest BCUT2D eigenvalue weighted by atomic mass is 16.5. The molecule has 1 aromatic rings. The summed E-state index contributed by atoms with van der Waals surface area (Å²) in [5.74, 6) is -1.16. The molecule has 2 N–H and O–H groups in total. The fraction of sp³-hybridized carbons (Fsp3) is 0.385. The summed E-state index contributed by atoms with van der Waals surface area (Å²) in [6.45, 7) is 2.66. The zero-order valence-corrected chi connectivity index (χ0v) is 11.2. The van der Waals surface area contributed by atoms with Crippen molar-refractivity contribution in [3.63, 3.8) is 0 Å². The molecule has 0 bridgehead atoms. The molecule has 0 aliphatic rings. The lowest BCUT2D eigenvalue weighted by atomic mass is 10.3. The Labute approximate surface area is 116 Å². The number of nitrogens with zero attached hydrogens (tertiary/aromatic N) is 2. The van der Waals surface area contributed by atoms with Crippen LogP contribution in [0.3, 0.4) is 0 Å². The molecule has 7 nitrogen and oxygen atoms in total. The monoisotopic (exact) mass is 279 g/mol. The van der Waals surface area contributed by atoms with Crippen molar-refractivity contribution < 1.29 is 19.4 Å². The minimum atomic E-state index is -0.874. The van der Waals surface area contributed by atoms with Gasteiger partial charge in [-0.05, 0) is 19.4 Å². The Balaban J connectivity index is 2.35. The van der Waals surface area contributed by atoms with Crippen molar-refractivity contribution >= 4 is 18.0 Å². The molecule has 0 radical (unpaired) electrons. The van der Waals surface area contributed by atoms with Crippen LogP contribution in [0.2, 0.25) is 0 Å². The Bertz CT molecular complexity index is 471. The van der Waals surface area contributed by atoms with Gasteiger partial charge in [0.1, 0.15) is 0 Å². The Morgan fingerprint density at radius 3 is 2.70 bits per heavy atom. The van der Waals surface area contributed by atoms with Gasteiger partial charge in [-0.2, -0.15) is 0 Å². The second-order valence-electron chi connectivity index (χ2n) is 3.85. The quantitative estimate of drug-likeness (QED) is 0.541. The van der Waals surface area contributed by atoms with Gasteiger partial charge in [-0.15, -0.1) is 0 Å². The topological polar surface area (TPSA) is 101 Å². The zero-order valence-electron chi connectivity index (χ0n) is 11.2. The van der Waals surface area contributed by atoms with Gasteiger partial charge in [-0.3, -0.25) is 9.59 Å². The van der Waals surface area contributed by atoms with E-state index in [-0.39, 0.29) is 12.3 Å². The van der Waals surface area contributed by atoms with E-state index in [0.29, 0.717) is 31.1 Å². The van der Waals surface area contributed by atoms with Gasteiger partial charge >= 0.3 is 12.0 Å². The summed E-state index contributed by atoms with van der Waals surface area (Å²) in [6, 6.07) is 0.294. The van der Waals surface area contributed by atoms with Crippen LogP contribution < -0.4 is 10.1 Å². The number of carbonyl (C=O) groups excluding carboxylic acids is 1. The Morgan fingerprint density at radius 2 is 2.10 bits per heavy atom. The van der Waals surface area contributed by atoms with Gasteiger partial charge in [0.05, 0.1) is 6.61 Å². The third-order valence-electron chi connectivity index (χ3n) is 2.22. The van der Waals surface area contributed by atoms with Crippen molar-refractivity contribution in [2.45, 2.75) is 19.8 Å². The molecule has 0 spiro atoms. The van der Waals surface area contributed by atoms with Crippen molar-refractivity contribution in [3.8, 4) is 6.01 Å². The minimum Gasteiger partial charge on any atom is -0.481 e. The number of hydrogen-bond donors (Lipinski definition) is 2. The van der Waals surface area contributed by atoms with Crippen molar-refractivity contribution in [2.24, 2.45) is 0 Å². The molecular formula is C13H17N3O4. The lowest BCUT2D eigenvalue weighted by molar-refractivity contribution is -0.137. The molecule has 0 saturated carbocycles. The van der Waals surface area contributed by atoms with Crippen LogP contribution in [-0.4, -0.2) is 40.1 Å². The number of rotatable bonds is 8. The maximum atomic E-state index is 11.4. The molecule has 7 heteroatoms. The van der Waals surface area contributed by atoms with Gasteiger partial charge in [0.25, 0.3) is 0 Å². The van der Waals surface area contributed by atoms with E-state index >= 15 is 0 Å². The number of carbonyl (C=O) groups is 2. The number of ether oxygens (including phenoxy) is 1. The van der Waals surface area contributed by atoms with Gasteiger partial charge in [0, 0.05) is 37.0 Å². The third-order valence-corrected chi connectivity index (χ3v) is 2.22. The Hall–Kier alpha value is -2.44. The van der Waals surface area contributed by atoms with Crippen molar-refractivity contribution in [2.75, 3.05) is 13.2 Å². The predicted octanol–water partition coefficient (Wildman–Crippen LogP) is 0.869. The van der Waals surface area contributed by atoms with E-state index < -0.39 is 5.97 Å².